The highest BCUT2D eigenvalue weighted by atomic mass is 79.9. The van der Waals surface area contributed by atoms with E-state index in [0.717, 1.165) is 9.68 Å². The van der Waals surface area contributed by atoms with Crippen LogP contribution in [0, 0.1) is 0 Å². The zero-order chi connectivity index (χ0) is 9.84. The van der Waals surface area contributed by atoms with Crippen LogP contribution in [0.2, 0.25) is 19.6 Å². The van der Waals surface area contributed by atoms with Gasteiger partial charge in [0.15, 0.2) is 18.6 Å². The van der Waals surface area contributed by atoms with Gasteiger partial charge in [0, 0.05) is 10.2 Å². The van der Waals surface area contributed by atoms with Gasteiger partial charge >= 0.3 is 0 Å². The molecular formula is C9H13BrNSi2. The number of halogens is 1. The number of benzene rings is 1. The Kier molecular flexibility index (Phi) is 4.21. The second-order valence-corrected chi connectivity index (χ2v) is 7.50. The number of para-hydroxylation sites is 1. The van der Waals surface area contributed by atoms with E-state index < -0.39 is 0 Å². The fourth-order valence-electron chi connectivity index (χ4n) is 1.22. The Morgan fingerprint density at radius 2 is 1.92 bits per heavy atom. The maximum absolute atomic E-state index is 3.59. The lowest BCUT2D eigenvalue weighted by atomic mass is 10.3. The van der Waals surface area contributed by atoms with Crippen LogP contribution in [-0.2, 0) is 0 Å². The largest absolute Gasteiger partial charge is 0.425 e. The van der Waals surface area contributed by atoms with Crippen LogP contribution >= 0.6 is 15.9 Å². The minimum atomic E-state index is -0.383. The number of nitrogens with zero attached hydrogens (tertiary/aromatic N) is 1. The first-order chi connectivity index (χ1) is 6.16. The summed E-state index contributed by atoms with van der Waals surface area (Å²) < 4.78 is 3.70. The minimum absolute atomic E-state index is 0.383. The Hall–Kier alpha value is -0.0662. The highest BCUT2D eigenvalue weighted by Crippen LogP contribution is 2.25. The summed E-state index contributed by atoms with van der Waals surface area (Å²) in [7, 11) is 0.469. The molecule has 4 heteroatoms. The summed E-state index contributed by atoms with van der Waals surface area (Å²) in [5.74, 6) is 0. The van der Waals surface area contributed by atoms with Crippen LogP contribution < -0.4 is 4.23 Å². The summed E-state index contributed by atoms with van der Waals surface area (Å²) in [6, 6.07) is 8.44. The van der Waals surface area contributed by atoms with Crippen LogP contribution in [0.25, 0.3) is 0 Å². The van der Waals surface area contributed by atoms with E-state index >= 15 is 0 Å². The van der Waals surface area contributed by atoms with Crippen molar-refractivity contribution in [2.24, 2.45) is 0 Å². The van der Waals surface area contributed by atoms with Gasteiger partial charge in [-0.3, -0.25) is 0 Å². The van der Waals surface area contributed by atoms with E-state index in [1.165, 1.54) is 10.2 Å². The molecule has 0 aliphatic rings. The van der Waals surface area contributed by atoms with Gasteiger partial charge < -0.3 is 4.23 Å². The summed E-state index contributed by atoms with van der Waals surface area (Å²) in [6.07, 6.45) is 0. The highest BCUT2D eigenvalue weighted by Gasteiger charge is 2.12. The van der Waals surface area contributed by atoms with Gasteiger partial charge in [0.2, 0.25) is 0 Å². The van der Waals surface area contributed by atoms with Gasteiger partial charge in [0.1, 0.15) is 0 Å². The smallest absolute Gasteiger partial charge is 0.167 e. The van der Waals surface area contributed by atoms with Gasteiger partial charge in [-0.05, 0) is 28.1 Å². The zero-order valence-electron chi connectivity index (χ0n) is 8.13. The van der Waals surface area contributed by atoms with Gasteiger partial charge in [-0.1, -0.05) is 31.8 Å². The van der Waals surface area contributed by atoms with Gasteiger partial charge in [-0.15, -0.1) is 0 Å². The predicted octanol–water partition coefficient (Wildman–Crippen LogP) is 3.17. The van der Waals surface area contributed by atoms with Gasteiger partial charge in [0.25, 0.3) is 0 Å². The van der Waals surface area contributed by atoms with Crippen molar-refractivity contribution < 1.29 is 0 Å². The Morgan fingerprint density at radius 3 is 2.38 bits per heavy atom. The van der Waals surface area contributed by atoms with E-state index in [1.54, 1.807) is 0 Å². The molecule has 3 radical (unpaired) electrons. The Bertz CT molecular complexity index is 278. The lowest BCUT2D eigenvalue weighted by Gasteiger charge is -2.27. The molecule has 0 amide bonds. The molecule has 0 aromatic heterocycles. The summed E-state index contributed by atoms with van der Waals surface area (Å²) in [5, 5.41) is 0. The molecule has 0 aliphatic carbocycles. The predicted molar refractivity (Wildman–Crippen MR) is 65.7 cm³/mol. The molecule has 69 valence electrons. The van der Waals surface area contributed by atoms with E-state index in [-0.39, 0.29) is 8.96 Å². The van der Waals surface area contributed by atoms with E-state index in [4.69, 9.17) is 0 Å². The van der Waals surface area contributed by atoms with E-state index in [0.29, 0.717) is 0 Å². The van der Waals surface area contributed by atoms with Crippen LogP contribution in [0.4, 0.5) is 5.69 Å². The van der Waals surface area contributed by atoms with Crippen LogP contribution in [-0.4, -0.2) is 18.6 Å². The minimum Gasteiger partial charge on any atom is -0.425 e. The number of rotatable bonds is 3. The Balaban J connectivity index is 2.97. The highest BCUT2D eigenvalue weighted by molar-refractivity contribution is 9.10. The third-order valence-electron chi connectivity index (χ3n) is 1.76. The molecule has 0 saturated heterocycles. The molecule has 0 fully saturated rings. The standard InChI is InChI=1S/C9H13BrNSi2/c1-12-11(13(2)3)9-7-5-4-6-8(9)10/h4-7H,1-3H3. The molecule has 0 spiro atoms. The molecule has 0 saturated carbocycles. The van der Waals surface area contributed by atoms with Crippen LogP contribution in [0.15, 0.2) is 28.7 Å². The lowest BCUT2D eigenvalue weighted by Crippen LogP contribution is -2.36. The van der Waals surface area contributed by atoms with Crippen molar-refractivity contribution >= 4 is 40.3 Å². The molecule has 1 aromatic carbocycles. The van der Waals surface area contributed by atoms with Gasteiger partial charge in [-0.2, -0.15) is 0 Å². The molecular weight excluding hydrogens is 258 g/mol. The Morgan fingerprint density at radius 1 is 1.31 bits per heavy atom. The molecule has 1 aromatic rings. The molecule has 0 unspecified atom stereocenters. The fourth-order valence-corrected chi connectivity index (χ4v) is 4.91. The van der Waals surface area contributed by atoms with Crippen molar-refractivity contribution in [2.75, 3.05) is 4.23 Å². The molecule has 1 nitrogen and oxygen atoms in total. The van der Waals surface area contributed by atoms with E-state index in [9.17, 15) is 0 Å². The monoisotopic (exact) mass is 270 g/mol. The molecule has 1 rings (SSSR count). The number of hydrogen-bond donors (Lipinski definition) is 0. The first-order valence-corrected chi connectivity index (χ1v) is 8.87. The summed E-state index contributed by atoms with van der Waals surface area (Å²) >= 11 is 3.59. The average molecular weight is 271 g/mol. The Labute approximate surface area is 92.9 Å². The molecule has 0 atom stereocenters. The quantitative estimate of drug-likeness (QED) is 0.763. The maximum atomic E-state index is 3.59. The summed E-state index contributed by atoms with van der Waals surface area (Å²) in [4.78, 5) is 0. The summed E-state index contributed by atoms with van der Waals surface area (Å²) in [5.41, 5.74) is 1.34. The van der Waals surface area contributed by atoms with Crippen LogP contribution in [0.5, 0.6) is 0 Å². The molecule has 0 heterocycles. The van der Waals surface area contributed by atoms with Crippen molar-refractivity contribution in [2.45, 2.75) is 19.6 Å². The topological polar surface area (TPSA) is 3.24 Å². The van der Waals surface area contributed by atoms with Crippen molar-refractivity contribution in [1.29, 1.82) is 0 Å². The fraction of sp³-hybridized carbons (Fsp3) is 0.333. The zero-order valence-corrected chi connectivity index (χ0v) is 11.7. The number of hydrogen-bond acceptors (Lipinski definition) is 1. The summed E-state index contributed by atoms with van der Waals surface area (Å²) in [6.45, 7) is 6.87. The van der Waals surface area contributed by atoms with Gasteiger partial charge in [0.05, 0.1) is 0 Å². The first kappa shape index (κ1) is 11.0. The third-order valence-corrected chi connectivity index (χ3v) is 6.27. The van der Waals surface area contributed by atoms with Crippen molar-refractivity contribution in [1.82, 2.24) is 0 Å². The van der Waals surface area contributed by atoms with E-state index in [2.05, 4.69) is 64.1 Å². The molecule has 0 aliphatic heterocycles. The van der Waals surface area contributed by atoms with Crippen LogP contribution in [0.3, 0.4) is 0 Å². The van der Waals surface area contributed by atoms with Crippen molar-refractivity contribution in [3.63, 3.8) is 0 Å². The van der Waals surface area contributed by atoms with E-state index in [1.807, 2.05) is 0 Å². The van der Waals surface area contributed by atoms with Gasteiger partial charge in [-0.25, -0.2) is 0 Å². The van der Waals surface area contributed by atoms with Crippen molar-refractivity contribution in [3.8, 4) is 0 Å². The molecule has 13 heavy (non-hydrogen) atoms. The van der Waals surface area contributed by atoms with Crippen molar-refractivity contribution in [3.05, 3.63) is 28.7 Å². The molecule has 0 N–H and O–H groups in total. The van der Waals surface area contributed by atoms with Crippen LogP contribution in [0.1, 0.15) is 0 Å². The average Bonchev–Trinajstić information content (AvgIpc) is 2.09. The SMILES string of the molecule is C[Si]N(c1ccccc1Br)[Si](C)C. The lowest BCUT2D eigenvalue weighted by molar-refractivity contribution is 1.47. The maximum Gasteiger partial charge on any atom is 0.167 e. The third kappa shape index (κ3) is 2.69. The second-order valence-electron chi connectivity index (χ2n) is 2.96. The second kappa shape index (κ2) is 4.98. The first-order valence-electron chi connectivity index (χ1n) is 4.19. The number of anilines is 1. The molecule has 0 bridgehead atoms. The normalized spacial score (nSPS) is 10.5.